The van der Waals surface area contributed by atoms with E-state index in [4.69, 9.17) is 4.74 Å². The van der Waals surface area contributed by atoms with Crippen molar-refractivity contribution in [2.45, 2.75) is 44.6 Å². The van der Waals surface area contributed by atoms with Crippen LogP contribution < -0.4 is 0 Å². The number of piperidine rings is 1. The minimum absolute atomic E-state index is 0.00410. The molecule has 1 atom stereocenters. The van der Waals surface area contributed by atoms with Crippen molar-refractivity contribution in [2.75, 3.05) is 19.7 Å². The smallest absolute Gasteiger partial charge is 0.275 e. The van der Waals surface area contributed by atoms with E-state index in [2.05, 4.69) is 26.1 Å². The van der Waals surface area contributed by atoms with Gasteiger partial charge in [-0.3, -0.25) is 9.89 Å². The molecule has 2 aliphatic rings. The summed E-state index contributed by atoms with van der Waals surface area (Å²) in [6, 6.07) is 0. The molecule has 1 aromatic rings. The van der Waals surface area contributed by atoms with Crippen molar-refractivity contribution in [3.8, 4) is 0 Å². The molecule has 1 N–H and O–H groups in total. The minimum Gasteiger partial charge on any atom is -0.377 e. The molecule has 2 heterocycles. The maximum Gasteiger partial charge on any atom is 0.275 e. The fraction of sp³-hybridized carbons (Fsp3) is 0.714. The molecule has 6 heteroatoms. The Labute approximate surface area is 127 Å². The zero-order chi connectivity index (χ0) is 14.1. The lowest BCUT2D eigenvalue weighted by molar-refractivity contribution is 0.00699. The number of hydrogen-bond donors (Lipinski definition) is 1. The highest BCUT2D eigenvalue weighted by atomic mass is 79.9. The highest BCUT2D eigenvalue weighted by Crippen LogP contribution is 2.43. The van der Waals surface area contributed by atoms with Crippen LogP contribution in [0.15, 0.2) is 4.47 Å². The van der Waals surface area contributed by atoms with Gasteiger partial charge in [0, 0.05) is 25.6 Å². The van der Waals surface area contributed by atoms with Gasteiger partial charge in [-0.2, -0.15) is 5.10 Å². The van der Waals surface area contributed by atoms with Crippen LogP contribution in [-0.2, 0) is 4.74 Å². The number of ether oxygens (including phenoxy) is 1. The lowest BCUT2D eigenvalue weighted by atomic mass is 10.1. The predicted molar refractivity (Wildman–Crippen MR) is 78.8 cm³/mol. The first kappa shape index (κ1) is 14.1. The van der Waals surface area contributed by atoms with Gasteiger partial charge in [0.1, 0.15) is 0 Å². The molecule has 0 bridgehead atoms. The number of carbonyl (C=O) groups excluding carboxylic acids is 1. The summed E-state index contributed by atoms with van der Waals surface area (Å²) >= 11 is 3.53. The fourth-order valence-corrected chi connectivity index (χ4v) is 3.44. The van der Waals surface area contributed by atoms with Gasteiger partial charge in [0.15, 0.2) is 5.69 Å². The molecule has 110 valence electrons. The molecule has 1 aliphatic carbocycles. The third-order valence-corrected chi connectivity index (χ3v) is 4.79. The van der Waals surface area contributed by atoms with Gasteiger partial charge >= 0.3 is 0 Å². The molecule has 5 nitrogen and oxygen atoms in total. The molecule has 1 aromatic heterocycles. The first-order chi connectivity index (χ1) is 9.70. The highest BCUT2D eigenvalue weighted by molar-refractivity contribution is 9.10. The molecular weight excluding hydrogens is 322 g/mol. The third kappa shape index (κ3) is 2.76. The maximum absolute atomic E-state index is 12.6. The van der Waals surface area contributed by atoms with Crippen molar-refractivity contribution in [3.63, 3.8) is 0 Å². The van der Waals surface area contributed by atoms with Crippen molar-refractivity contribution in [2.24, 2.45) is 0 Å². The monoisotopic (exact) mass is 341 g/mol. The summed E-state index contributed by atoms with van der Waals surface area (Å²) < 4.78 is 6.50. The van der Waals surface area contributed by atoms with Gasteiger partial charge in [-0.05, 0) is 48.5 Å². The zero-order valence-electron chi connectivity index (χ0n) is 11.7. The summed E-state index contributed by atoms with van der Waals surface area (Å²) in [4.78, 5) is 14.4. The highest BCUT2D eigenvalue weighted by Gasteiger charge is 2.33. The summed E-state index contributed by atoms with van der Waals surface area (Å²) in [5.41, 5.74) is 1.59. The van der Waals surface area contributed by atoms with E-state index < -0.39 is 0 Å². The average Bonchev–Trinajstić information content (AvgIpc) is 3.22. The van der Waals surface area contributed by atoms with Gasteiger partial charge < -0.3 is 9.64 Å². The Morgan fingerprint density at radius 2 is 2.30 bits per heavy atom. The second-order valence-electron chi connectivity index (χ2n) is 5.54. The molecule has 2 fully saturated rings. The number of amides is 1. The zero-order valence-corrected chi connectivity index (χ0v) is 13.3. The van der Waals surface area contributed by atoms with Gasteiger partial charge in [-0.25, -0.2) is 0 Å². The van der Waals surface area contributed by atoms with Crippen molar-refractivity contribution >= 4 is 21.8 Å². The number of carbonyl (C=O) groups is 1. The Hall–Kier alpha value is -0.880. The number of rotatable bonds is 4. The van der Waals surface area contributed by atoms with E-state index in [1.807, 2.05) is 11.8 Å². The summed E-state index contributed by atoms with van der Waals surface area (Å²) in [6.45, 7) is 4.16. The van der Waals surface area contributed by atoms with Crippen LogP contribution >= 0.6 is 15.9 Å². The van der Waals surface area contributed by atoms with E-state index in [1.54, 1.807) is 0 Å². The second kappa shape index (κ2) is 5.85. The van der Waals surface area contributed by atoms with Gasteiger partial charge in [0.2, 0.25) is 0 Å². The van der Waals surface area contributed by atoms with Crippen molar-refractivity contribution in [1.29, 1.82) is 0 Å². The van der Waals surface area contributed by atoms with Crippen LogP contribution in [0.25, 0.3) is 0 Å². The molecule has 1 aliphatic heterocycles. The van der Waals surface area contributed by atoms with Gasteiger partial charge in [0.25, 0.3) is 5.91 Å². The van der Waals surface area contributed by atoms with Crippen LogP contribution in [0, 0.1) is 0 Å². The van der Waals surface area contributed by atoms with Crippen LogP contribution in [0.2, 0.25) is 0 Å². The number of aromatic nitrogens is 2. The van der Waals surface area contributed by atoms with Gasteiger partial charge in [0.05, 0.1) is 16.3 Å². The number of hydrogen-bond acceptors (Lipinski definition) is 3. The Bertz CT molecular complexity index is 497. The first-order valence-corrected chi connectivity index (χ1v) is 8.14. The minimum atomic E-state index is 0.00410. The van der Waals surface area contributed by atoms with Crippen LogP contribution in [-0.4, -0.2) is 46.8 Å². The lowest BCUT2D eigenvalue weighted by Crippen LogP contribution is -2.43. The second-order valence-corrected chi connectivity index (χ2v) is 6.34. The number of nitrogens with one attached hydrogen (secondary N) is 1. The normalized spacial score (nSPS) is 23.1. The van der Waals surface area contributed by atoms with E-state index in [9.17, 15) is 4.79 Å². The number of H-pyrrole nitrogens is 1. The van der Waals surface area contributed by atoms with Crippen molar-refractivity contribution in [1.82, 2.24) is 15.1 Å². The van der Waals surface area contributed by atoms with E-state index in [1.165, 1.54) is 12.8 Å². The summed E-state index contributed by atoms with van der Waals surface area (Å²) in [6.07, 6.45) is 4.56. The summed E-state index contributed by atoms with van der Waals surface area (Å²) in [5.74, 6) is 0.556. The maximum atomic E-state index is 12.6. The van der Waals surface area contributed by atoms with Crippen LogP contribution in [0.5, 0.6) is 0 Å². The van der Waals surface area contributed by atoms with Gasteiger partial charge in [-0.1, -0.05) is 0 Å². The Balaban J connectivity index is 1.71. The first-order valence-electron chi connectivity index (χ1n) is 7.35. The number of nitrogens with zero attached hydrogens (tertiary/aromatic N) is 2. The lowest BCUT2D eigenvalue weighted by Gasteiger charge is -2.32. The molecule has 0 unspecified atom stereocenters. The quantitative estimate of drug-likeness (QED) is 0.915. The van der Waals surface area contributed by atoms with Crippen LogP contribution in [0.1, 0.15) is 54.7 Å². The number of aromatic amines is 1. The van der Waals surface area contributed by atoms with E-state index >= 15 is 0 Å². The molecule has 0 aromatic carbocycles. The predicted octanol–water partition coefficient (Wildman–Crippen LogP) is 2.69. The summed E-state index contributed by atoms with van der Waals surface area (Å²) in [7, 11) is 0. The molecule has 0 radical (unpaired) electrons. The number of halogens is 1. The molecule has 1 saturated heterocycles. The third-order valence-electron chi connectivity index (χ3n) is 3.99. The Kier molecular flexibility index (Phi) is 4.12. The van der Waals surface area contributed by atoms with E-state index in [0.29, 0.717) is 24.8 Å². The fourth-order valence-electron chi connectivity index (χ4n) is 2.77. The Morgan fingerprint density at radius 3 is 3.00 bits per heavy atom. The average molecular weight is 342 g/mol. The largest absolute Gasteiger partial charge is 0.377 e. The van der Waals surface area contributed by atoms with E-state index in [0.717, 1.165) is 29.6 Å². The molecular formula is C14H20BrN3O2. The van der Waals surface area contributed by atoms with Crippen molar-refractivity contribution in [3.05, 3.63) is 15.9 Å². The topological polar surface area (TPSA) is 58.2 Å². The van der Waals surface area contributed by atoms with Crippen LogP contribution in [0.4, 0.5) is 0 Å². The molecule has 0 spiro atoms. The molecule has 3 rings (SSSR count). The molecule has 1 saturated carbocycles. The molecule has 1 amide bonds. The molecule has 20 heavy (non-hydrogen) atoms. The van der Waals surface area contributed by atoms with Crippen molar-refractivity contribution < 1.29 is 9.53 Å². The SMILES string of the molecule is CCO[C@@H]1CCCN(C(=O)c2n[nH]c(C3CC3)c2Br)C1. The van der Waals surface area contributed by atoms with E-state index in [-0.39, 0.29) is 12.0 Å². The van der Waals surface area contributed by atoms with Crippen LogP contribution in [0.3, 0.4) is 0 Å². The Morgan fingerprint density at radius 1 is 1.50 bits per heavy atom. The standard InChI is InChI=1S/C14H20BrN3O2/c1-2-20-10-4-3-7-18(8-10)14(19)13-11(15)12(16-17-13)9-5-6-9/h9-10H,2-8H2,1H3,(H,16,17)/t10-/m1/s1. The summed E-state index contributed by atoms with van der Waals surface area (Å²) in [5, 5.41) is 7.24. The number of likely N-dealkylation sites (tertiary alicyclic amines) is 1. The van der Waals surface area contributed by atoms with Gasteiger partial charge in [-0.15, -0.1) is 0 Å².